The molecule has 2 heterocycles. The Morgan fingerprint density at radius 2 is 1.96 bits per heavy atom. The average Bonchev–Trinajstić information content (AvgIpc) is 3.23. The van der Waals surface area contributed by atoms with E-state index < -0.39 is 0 Å². The summed E-state index contributed by atoms with van der Waals surface area (Å²) in [5.41, 5.74) is 6.17. The Balaban J connectivity index is 1.54. The monoisotopic (exact) mass is 318 g/mol. The Hall–Kier alpha value is -2.66. The molecule has 24 heavy (non-hydrogen) atoms. The van der Waals surface area contributed by atoms with Gasteiger partial charge in [-0.2, -0.15) is 5.10 Å². The predicted molar refractivity (Wildman–Crippen MR) is 93.3 cm³/mol. The van der Waals surface area contributed by atoms with Crippen molar-refractivity contribution in [3.8, 4) is 0 Å². The van der Waals surface area contributed by atoms with E-state index in [1.807, 2.05) is 6.07 Å². The van der Waals surface area contributed by atoms with Gasteiger partial charge in [0.25, 0.3) is 5.91 Å². The summed E-state index contributed by atoms with van der Waals surface area (Å²) >= 11 is 0. The van der Waals surface area contributed by atoms with E-state index in [1.165, 1.54) is 16.5 Å². The van der Waals surface area contributed by atoms with Crippen LogP contribution in [0, 0.1) is 0 Å². The second-order valence-corrected chi connectivity index (χ2v) is 6.52. The number of aromatic nitrogens is 2. The van der Waals surface area contributed by atoms with Crippen LogP contribution in [0.4, 0.5) is 5.69 Å². The van der Waals surface area contributed by atoms with Crippen molar-refractivity contribution in [3.05, 3.63) is 58.4 Å². The van der Waals surface area contributed by atoms with Crippen molar-refractivity contribution >= 4 is 22.4 Å². The average molecular weight is 318 g/mol. The van der Waals surface area contributed by atoms with Crippen LogP contribution in [0.15, 0.2) is 30.3 Å². The van der Waals surface area contributed by atoms with Crippen LogP contribution >= 0.6 is 0 Å². The van der Waals surface area contributed by atoms with E-state index in [2.05, 4.69) is 45.1 Å². The number of amides is 1. The van der Waals surface area contributed by atoms with Crippen LogP contribution in [0.3, 0.4) is 0 Å². The number of aryl methyl sites for hydroxylation is 2. The summed E-state index contributed by atoms with van der Waals surface area (Å²) in [5, 5.41) is 16.1. The number of aromatic amines is 1. The molecule has 1 aromatic heterocycles. The minimum Gasteiger partial charge on any atom is -0.320 e. The Morgan fingerprint density at radius 1 is 1.08 bits per heavy atom. The molecule has 1 amide bonds. The van der Waals surface area contributed by atoms with Crippen LogP contribution in [0.1, 0.15) is 32.9 Å². The number of carbonyl (C=O) groups is 1. The fraction of sp³-hybridized carbons (Fsp3) is 0.263. The Labute approximate surface area is 139 Å². The third kappa shape index (κ3) is 1.98. The van der Waals surface area contributed by atoms with Crippen LogP contribution in [-0.2, 0) is 25.8 Å². The van der Waals surface area contributed by atoms with Crippen molar-refractivity contribution in [1.29, 1.82) is 0 Å². The third-order valence-electron chi connectivity index (χ3n) is 5.15. The first-order valence-corrected chi connectivity index (χ1v) is 8.43. The summed E-state index contributed by atoms with van der Waals surface area (Å²) in [6, 6.07) is 10.5. The highest BCUT2D eigenvalue weighted by Gasteiger charge is 2.23. The van der Waals surface area contributed by atoms with E-state index in [0.717, 1.165) is 48.1 Å². The molecule has 5 rings (SSSR count). The van der Waals surface area contributed by atoms with Crippen LogP contribution < -0.4 is 10.6 Å². The Morgan fingerprint density at radius 3 is 2.88 bits per heavy atom. The summed E-state index contributed by atoms with van der Waals surface area (Å²) in [7, 11) is 0. The quantitative estimate of drug-likeness (QED) is 0.680. The number of fused-ring (bicyclic) bond motifs is 1. The molecule has 3 aromatic rings. The molecule has 2 aromatic carbocycles. The van der Waals surface area contributed by atoms with Gasteiger partial charge in [0.1, 0.15) is 0 Å². The first-order chi connectivity index (χ1) is 11.8. The second kappa shape index (κ2) is 5.18. The molecule has 0 atom stereocenters. The fourth-order valence-electron chi connectivity index (χ4n) is 3.95. The number of benzene rings is 2. The largest absolute Gasteiger partial charge is 0.320 e. The first-order valence-electron chi connectivity index (χ1n) is 8.43. The Kier molecular flexibility index (Phi) is 2.97. The van der Waals surface area contributed by atoms with E-state index in [4.69, 9.17) is 0 Å². The maximum atomic E-state index is 12.8. The fourth-order valence-corrected chi connectivity index (χ4v) is 3.95. The zero-order valence-corrected chi connectivity index (χ0v) is 13.3. The number of hydrogen-bond acceptors (Lipinski definition) is 3. The van der Waals surface area contributed by atoms with E-state index in [0.29, 0.717) is 12.2 Å². The summed E-state index contributed by atoms with van der Waals surface area (Å²) < 4.78 is 0. The summed E-state index contributed by atoms with van der Waals surface area (Å²) in [4.78, 5) is 12.8. The lowest BCUT2D eigenvalue weighted by Crippen LogP contribution is -2.25. The molecular formula is C19H18N4O. The normalized spacial score (nSPS) is 15.5. The highest BCUT2D eigenvalue weighted by Crippen LogP contribution is 2.35. The molecule has 1 aliphatic carbocycles. The molecule has 0 spiro atoms. The molecule has 0 saturated heterocycles. The van der Waals surface area contributed by atoms with E-state index >= 15 is 0 Å². The molecule has 5 nitrogen and oxygen atoms in total. The zero-order chi connectivity index (χ0) is 16.1. The van der Waals surface area contributed by atoms with Gasteiger partial charge in [0.2, 0.25) is 0 Å². The van der Waals surface area contributed by atoms with Crippen molar-refractivity contribution in [2.45, 2.75) is 25.8 Å². The number of carbonyl (C=O) groups excluding carboxylic acids is 1. The van der Waals surface area contributed by atoms with Crippen LogP contribution in [-0.4, -0.2) is 22.6 Å². The molecule has 120 valence electrons. The van der Waals surface area contributed by atoms with Crippen molar-refractivity contribution in [1.82, 2.24) is 15.5 Å². The van der Waals surface area contributed by atoms with Gasteiger partial charge in [-0.15, -0.1) is 0 Å². The lowest BCUT2D eigenvalue weighted by atomic mass is 10.0. The summed E-state index contributed by atoms with van der Waals surface area (Å²) in [6.07, 6.45) is 3.06. The van der Waals surface area contributed by atoms with Gasteiger partial charge in [0, 0.05) is 41.8 Å². The maximum absolute atomic E-state index is 12.8. The Bertz CT molecular complexity index is 963. The molecule has 0 radical (unpaired) electrons. The number of H-pyrrole nitrogens is 1. The van der Waals surface area contributed by atoms with Crippen LogP contribution in [0.5, 0.6) is 0 Å². The molecular weight excluding hydrogens is 300 g/mol. The van der Waals surface area contributed by atoms with Crippen molar-refractivity contribution in [2.75, 3.05) is 11.9 Å². The zero-order valence-electron chi connectivity index (χ0n) is 13.3. The highest BCUT2D eigenvalue weighted by molar-refractivity contribution is 6.10. The molecule has 0 unspecified atom stereocenters. The van der Waals surface area contributed by atoms with Crippen LogP contribution in [0.2, 0.25) is 0 Å². The van der Waals surface area contributed by atoms with Gasteiger partial charge >= 0.3 is 0 Å². The number of nitrogens with one attached hydrogen (secondary N) is 3. The molecule has 0 saturated carbocycles. The molecule has 5 heteroatoms. The number of anilines is 1. The maximum Gasteiger partial charge on any atom is 0.276 e. The molecule has 1 aliphatic heterocycles. The smallest absolute Gasteiger partial charge is 0.276 e. The topological polar surface area (TPSA) is 69.8 Å². The number of rotatable bonds is 2. The second-order valence-electron chi connectivity index (χ2n) is 6.52. The van der Waals surface area contributed by atoms with Crippen molar-refractivity contribution < 1.29 is 4.79 Å². The lowest BCUT2D eigenvalue weighted by Gasteiger charge is -2.13. The number of nitrogens with zero attached hydrogens (tertiary/aromatic N) is 1. The van der Waals surface area contributed by atoms with Gasteiger partial charge in [0.15, 0.2) is 5.69 Å². The van der Waals surface area contributed by atoms with Gasteiger partial charge < -0.3 is 10.6 Å². The predicted octanol–water partition coefficient (Wildman–Crippen LogP) is 2.56. The molecule has 0 bridgehead atoms. The van der Waals surface area contributed by atoms with E-state index in [1.54, 1.807) is 0 Å². The molecule has 2 aliphatic rings. The van der Waals surface area contributed by atoms with Crippen molar-refractivity contribution in [3.63, 3.8) is 0 Å². The SMILES string of the molecule is O=C(Nc1ccc2c3c(cccc13)CC2)c1n[nH]c2c1CNCC2. The molecule has 0 fully saturated rings. The minimum absolute atomic E-state index is 0.144. The summed E-state index contributed by atoms with van der Waals surface area (Å²) in [6.45, 7) is 1.61. The highest BCUT2D eigenvalue weighted by atomic mass is 16.1. The molecule has 3 N–H and O–H groups in total. The van der Waals surface area contributed by atoms with E-state index in [9.17, 15) is 4.79 Å². The van der Waals surface area contributed by atoms with Gasteiger partial charge in [0.05, 0.1) is 0 Å². The standard InChI is InChI=1S/C19H18N4O/c24-19(18-14-10-20-9-8-16(14)22-23-18)21-15-7-6-12-5-4-11-2-1-3-13(15)17(11)12/h1-3,6-7,20H,4-5,8-10H2,(H,21,24)(H,22,23). The number of hydrogen-bond donors (Lipinski definition) is 3. The lowest BCUT2D eigenvalue weighted by molar-refractivity contribution is 0.102. The third-order valence-corrected chi connectivity index (χ3v) is 5.15. The van der Waals surface area contributed by atoms with Gasteiger partial charge in [-0.1, -0.05) is 24.3 Å². The van der Waals surface area contributed by atoms with Gasteiger partial charge in [-0.3, -0.25) is 9.89 Å². The van der Waals surface area contributed by atoms with Gasteiger partial charge in [-0.05, 0) is 35.4 Å². The minimum atomic E-state index is -0.144. The van der Waals surface area contributed by atoms with Crippen molar-refractivity contribution in [2.24, 2.45) is 0 Å². The van der Waals surface area contributed by atoms with Crippen LogP contribution in [0.25, 0.3) is 10.8 Å². The first kappa shape index (κ1) is 13.7. The van der Waals surface area contributed by atoms with Gasteiger partial charge in [-0.25, -0.2) is 0 Å². The summed E-state index contributed by atoms with van der Waals surface area (Å²) in [5.74, 6) is -0.144. The van der Waals surface area contributed by atoms with E-state index in [-0.39, 0.29) is 5.91 Å².